The van der Waals surface area contributed by atoms with Gasteiger partial charge in [-0.2, -0.15) is 0 Å². The predicted octanol–water partition coefficient (Wildman–Crippen LogP) is 6.10. The SMILES string of the molecule is c1ccc2c(NCCCN3CCCCC3)cc(-c3ccc(OC4CCCCO4)cc3)nc2c1. The van der Waals surface area contributed by atoms with Crippen LogP contribution in [0.15, 0.2) is 54.6 Å². The van der Waals surface area contributed by atoms with E-state index in [9.17, 15) is 0 Å². The highest BCUT2D eigenvalue weighted by Gasteiger charge is 2.15. The van der Waals surface area contributed by atoms with Crippen LogP contribution in [0.3, 0.4) is 0 Å². The van der Waals surface area contributed by atoms with Crippen molar-refractivity contribution in [3.63, 3.8) is 0 Å². The van der Waals surface area contributed by atoms with Gasteiger partial charge in [-0.05, 0) is 88.1 Å². The smallest absolute Gasteiger partial charge is 0.199 e. The lowest BCUT2D eigenvalue weighted by Gasteiger charge is -2.26. The van der Waals surface area contributed by atoms with E-state index in [1.165, 1.54) is 44.3 Å². The second-order valence-corrected chi connectivity index (χ2v) is 9.19. The van der Waals surface area contributed by atoms with Crippen LogP contribution in [-0.4, -0.2) is 49.0 Å². The maximum absolute atomic E-state index is 6.00. The first kappa shape index (κ1) is 22.2. The van der Waals surface area contributed by atoms with E-state index in [-0.39, 0.29) is 6.29 Å². The summed E-state index contributed by atoms with van der Waals surface area (Å²) in [5.41, 5.74) is 4.25. The number of fused-ring (bicyclic) bond motifs is 1. The van der Waals surface area contributed by atoms with Crippen LogP contribution in [0, 0.1) is 0 Å². The third-order valence-electron chi connectivity index (χ3n) is 6.69. The molecule has 1 N–H and O–H groups in total. The number of para-hydroxylation sites is 1. The van der Waals surface area contributed by atoms with Crippen LogP contribution < -0.4 is 10.1 Å². The molecule has 0 aliphatic carbocycles. The van der Waals surface area contributed by atoms with Crippen molar-refractivity contribution in [1.29, 1.82) is 0 Å². The normalized spacial score (nSPS) is 19.5. The molecule has 0 spiro atoms. The van der Waals surface area contributed by atoms with E-state index in [2.05, 4.69) is 52.7 Å². The van der Waals surface area contributed by atoms with Gasteiger partial charge in [0.25, 0.3) is 0 Å². The minimum absolute atomic E-state index is 0.121. The lowest BCUT2D eigenvalue weighted by molar-refractivity contribution is -0.105. The van der Waals surface area contributed by atoms with Gasteiger partial charge < -0.3 is 19.7 Å². The Bertz CT molecular complexity index is 1020. The summed E-state index contributed by atoms with van der Waals surface area (Å²) < 4.78 is 11.7. The number of aromatic nitrogens is 1. The molecule has 3 heterocycles. The maximum atomic E-state index is 6.00. The fourth-order valence-corrected chi connectivity index (χ4v) is 4.84. The molecule has 0 radical (unpaired) electrons. The number of anilines is 1. The monoisotopic (exact) mass is 445 g/mol. The topological polar surface area (TPSA) is 46.6 Å². The molecule has 5 heteroatoms. The van der Waals surface area contributed by atoms with E-state index in [4.69, 9.17) is 14.5 Å². The molecule has 1 aromatic heterocycles. The quantitative estimate of drug-likeness (QED) is 0.425. The van der Waals surface area contributed by atoms with Gasteiger partial charge in [0, 0.05) is 29.6 Å². The van der Waals surface area contributed by atoms with E-state index in [0.29, 0.717) is 0 Å². The number of nitrogens with zero attached hydrogens (tertiary/aromatic N) is 2. The maximum Gasteiger partial charge on any atom is 0.199 e. The Kier molecular flexibility index (Phi) is 7.39. The van der Waals surface area contributed by atoms with Gasteiger partial charge in [-0.15, -0.1) is 0 Å². The second-order valence-electron chi connectivity index (χ2n) is 9.19. The Morgan fingerprint density at radius 2 is 1.82 bits per heavy atom. The molecule has 0 saturated carbocycles. The van der Waals surface area contributed by atoms with E-state index in [1.54, 1.807) is 0 Å². The Balaban J connectivity index is 1.27. The number of ether oxygens (including phenoxy) is 2. The average molecular weight is 446 g/mol. The molecule has 2 aliphatic heterocycles. The molecule has 1 unspecified atom stereocenters. The summed E-state index contributed by atoms with van der Waals surface area (Å²) in [7, 11) is 0. The Morgan fingerprint density at radius 3 is 2.64 bits per heavy atom. The lowest BCUT2D eigenvalue weighted by atomic mass is 10.1. The number of hydrogen-bond acceptors (Lipinski definition) is 5. The summed E-state index contributed by atoms with van der Waals surface area (Å²) in [6.07, 6.45) is 8.37. The lowest BCUT2D eigenvalue weighted by Crippen LogP contribution is -2.31. The summed E-state index contributed by atoms with van der Waals surface area (Å²) >= 11 is 0. The first-order valence-electron chi connectivity index (χ1n) is 12.6. The van der Waals surface area contributed by atoms with Crippen molar-refractivity contribution >= 4 is 16.6 Å². The molecule has 5 nitrogen and oxygen atoms in total. The summed E-state index contributed by atoms with van der Waals surface area (Å²) in [6, 6.07) is 18.8. The first-order valence-corrected chi connectivity index (χ1v) is 12.6. The molecule has 1 atom stereocenters. The number of likely N-dealkylation sites (tertiary alicyclic amines) is 1. The molecule has 2 aliphatic rings. The molecule has 33 heavy (non-hydrogen) atoms. The highest BCUT2D eigenvalue weighted by Crippen LogP contribution is 2.30. The van der Waals surface area contributed by atoms with Crippen molar-refractivity contribution in [2.24, 2.45) is 0 Å². The van der Waals surface area contributed by atoms with Crippen molar-refractivity contribution in [3.05, 3.63) is 54.6 Å². The van der Waals surface area contributed by atoms with Gasteiger partial charge in [0.05, 0.1) is 17.8 Å². The Labute approximate surface area is 197 Å². The number of rotatable bonds is 8. The predicted molar refractivity (Wildman–Crippen MR) is 135 cm³/mol. The largest absolute Gasteiger partial charge is 0.465 e. The van der Waals surface area contributed by atoms with Crippen LogP contribution in [0.5, 0.6) is 5.75 Å². The van der Waals surface area contributed by atoms with Gasteiger partial charge in [0.1, 0.15) is 5.75 Å². The van der Waals surface area contributed by atoms with Crippen LogP contribution in [0.25, 0.3) is 22.2 Å². The van der Waals surface area contributed by atoms with Crippen molar-refractivity contribution in [1.82, 2.24) is 9.88 Å². The molecule has 174 valence electrons. The summed E-state index contributed by atoms with van der Waals surface area (Å²) in [5, 5.41) is 4.87. The highest BCUT2D eigenvalue weighted by atomic mass is 16.7. The summed E-state index contributed by atoms with van der Waals surface area (Å²) in [5.74, 6) is 0.850. The molecule has 0 bridgehead atoms. The number of pyridine rings is 1. The molecular formula is C28H35N3O2. The van der Waals surface area contributed by atoms with Gasteiger partial charge in [-0.25, -0.2) is 4.98 Å². The standard InChI is InChI=1S/C28H35N3O2/c1-5-17-31(18-6-1)19-8-16-29-27-21-26(30-25-10-3-2-9-24(25)27)22-12-14-23(15-13-22)33-28-11-4-7-20-32-28/h2-3,9-10,12-15,21,28H,1,4-8,11,16-20H2,(H,29,30). The van der Waals surface area contributed by atoms with Crippen LogP contribution in [0.2, 0.25) is 0 Å². The van der Waals surface area contributed by atoms with Gasteiger partial charge in [0.15, 0.2) is 6.29 Å². The molecule has 0 amide bonds. The van der Waals surface area contributed by atoms with Gasteiger partial charge >= 0.3 is 0 Å². The minimum atomic E-state index is -0.121. The Hall–Kier alpha value is -2.63. The van der Waals surface area contributed by atoms with Crippen molar-refractivity contribution in [2.75, 3.05) is 38.1 Å². The molecule has 2 saturated heterocycles. The Morgan fingerprint density at radius 1 is 0.970 bits per heavy atom. The van der Waals surface area contributed by atoms with Gasteiger partial charge in [-0.3, -0.25) is 0 Å². The number of benzene rings is 2. The van der Waals surface area contributed by atoms with E-state index < -0.39 is 0 Å². The highest BCUT2D eigenvalue weighted by molar-refractivity contribution is 5.93. The fourth-order valence-electron chi connectivity index (χ4n) is 4.84. The van der Waals surface area contributed by atoms with Gasteiger partial charge in [-0.1, -0.05) is 24.6 Å². The number of piperidine rings is 1. The van der Waals surface area contributed by atoms with Crippen LogP contribution in [0.1, 0.15) is 44.9 Å². The third kappa shape index (κ3) is 5.84. The van der Waals surface area contributed by atoms with E-state index >= 15 is 0 Å². The van der Waals surface area contributed by atoms with Crippen LogP contribution in [-0.2, 0) is 4.74 Å². The van der Waals surface area contributed by atoms with Crippen molar-refractivity contribution in [2.45, 2.75) is 51.2 Å². The first-order chi connectivity index (χ1) is 16.3. The molecule has 2 fully saturated rings. The number of nitrogens with one attached hydrogen (secondary N) is 1. The molecule has 5 rings (SSSR count). The third-order valence-corrected chi connectivity index (χ3v) is 6.69. The van der Waals surface area contributed by atoms with Crippen LogP contribution >= 0.6 is 0 Å². The zero-order valence-corrected chi connectivity index (χ0v) is 19.5. The van der Waals surface area contributed by atoms with E-state index in [0.717, 1.165) is 67.0 Å². The fraction of sp³-hybridized carbons (Fsp3) is 0.464. The summed E-state index contributed by atoms with van der Waals surface area (Å²) in [4.78, 5) is 7.54. The van der Waals surface area contributed by atoms with E-state index in [1.807, 2.05) is 12.1 Å². The molecule has 3 aromatic rings. The molecular weight excluding hydrogens is 410 g/mol. The van der Waals surface area contributed by atoms with Gasteiger partial charge in [0.2, 0.25) is 0 Å². The summed E-state index contributed by atoms with van der Waals surface area (Å²) in [6.45, 7) is 5.45. The zero-order valence-electron chi connectivity index (χ0n) is 19.5. The van der Waals surface area contributed by atoms with Crippen molar-refractivity contribution < 1.29 is 9.47 Å². The zero-order chi connectivity index (χ0) is 22.3. The van der Waals surface area contributed by atoms with Crippen LogP contribution in [0.4, 0.5) is 5.69 Å². The second kappa shape index (κ2) is 11.0. The molecule has 2 aromatic carbocycles. The average Bonchev–Trinajstić information content (AvgIpc) is 2.88. The van der Waals surface area contributed by atoms with Crippen molar-refractivity contribution in [3.8, 4) is 17.0 Å². The minimum Gasteiger partial charge on any atom is -0.465 e. The number of hydrogen-bond donors (Lipinski definition) is 1.